The van der Waals surface area contributed by atoms with Crippen molar-refractivity contribution in [3.8, 4) is 11.6 Å². The summed E-state index contributed by atoms with van der Waals surface area (Å²) < 4.78 is 56.4. The van der Waals surface area contributed by atoms with Crippen LogP contribution in [0.25, 0.3) is 0 Å². The van der Waals surface area contributed by atoms with Crippen LogP contribution in [0.3, 0.4) is 0 Å². The average molecular weight is 355 g/mol. The number of pyridine rings is 1. The predicted octanol–water partition coefficient (Wildman–Crippen LogP) is 2.90. The zero-order valence-electron chi connectivity index (χ0n) is 14.2. The number of nitrogens with zero attached hydrogens (tertiary/aromatic N) is 3. The topological polar surface area (TPSA) is 58.4 Å². The van der Waals surface area contributed by atoms with E-state index in [0.29, 0.717) is 10.1 Å². The van der Waals surface area contributed by atoms with Gasteiger partial charge < -0.3 is 14.0 Å². The Hall–Kier alpha value is -2.07. The molecule has 0 amide bonds. The Morgan fingerprint density at radius 3 is 2.32 bits per heavy atom. The van der Waals surface area contributed by atoms with Gasteiger partial charge >= 0.3 is 13.7 Å². The van der Waals surface area contributed by atoms with Crippen LogP contribution in [-0.2, 0) is 9.31 Å². The van der Waals surface area contributed by atoms with Gasteiger partial charge in [0.15, 0.2) is 11.6 Å². The summed E-state index contributed by atoms with van der Waals surface area (Å²) in [5.74, 6) is -1.17. The average Bonchev–Trinajstić information content (AvgIpc) is 3.04. The summed E-state index contributed by atoms with van der Waals surface area (Å²) in [5.41, 5.74) is -0.730. The van der Waals surface area contributed by atoms with E-state index >= 15 is 0 Å². The van der Waals surface area contributed by atoms with Gasteiger partial charge in [-0.3, -0.25) is 0 Å². The smallest absolute Gasteiger partial charge is 0.433 e. The molecule has 0 radical (unpaired) electrons. The molecule has 2 aromatic heterocycles. The molecule has 1 fully saturated rings. The fraction of sp³-hybridized carbons (Fsp3) is 0.467. The lowest BCUT2D eigenvalue weighted by Crippen LogP contribution is -2.41. The third-order valence-electron chi connectivity index (χ3n) is 4.35. The Bertz CT molecular complexity index is 766. The molecule has 0 aromatic carbocycles. The molecule has 2 aromatic rings. The highest BCUT2D eigenvalue weighted by atomic mass is 19.3. The van der Waals surface area contributed by atoms with Crippen molar-refractivity contribution < 1.29 is 27.2 Å². The normalized spacial score (nSPS) is 18.8. The molecule has 0 aliphatic carbocycles. The Balaban J connectivity index is 1.77. The SMILES string of the molecule is CC1(C)OB(c2cnc(Oc3cnn(C(F)F)c3)c(F)c2)OC1(C)C. The molecule has 0 atom stereocenters. The van der Waals surface area contributed by atoms with Crippen LogP contribution in [0.5, 0.6) is 11.6 Å². The van der Waals surface area contributed by atoms with Gasteiger partial charge in [-0.15, -0.1) is 0 Å². The molecule has 1 aliphatic heterocycles. The first kappa shape index (κ1) is 17.7. The van der Waals surface area contributed by atoms with E-state index in [-0.39, 0.29) is 11.6 Å². The lowest BCUT2D eigenvalue weighted by atomic mass is 9.80. The monoisotopic (exact) mass is 355 g/mol. The van der Waals surface area contributed by atoms with Gasteiger partial charge in [0.2, 0.25) is 0 Å². The van der Waals surface area contributed by atoms with Gasteiger partial charge in [-0.2, -0.15) is 13.9 Å². The third kappa shape index (κ3) is 3.36. The number of rotatable bonds is 4. The molecule has 3 rings (SSSR count). The first-order valence-corrected chi connectivity index (χ1v) is 7.60. The number of ether oxygens (including phenoxy) is 1. The van der Waals surface area contributed by atoms with Crippen LogP contribution >= 0.6 is 0 Å². The second-order valence-corrected chi connectivity index (χ2v) is 6.68. The Kier molecular flexibility index (Phi) is 4.28. The minimum absolute atomic E-state index is 0.0462. The van der Waals surface area contributed by atoms with E-state index in [1.165, 1.54) is 12.3 Å². The molecular weight excluding hydrogens is 338 g/mol. The van der Waals surface area contributed by atoms with E-state index in [0.717, 1.165) is 12.4 Å². The molecule has 1 saturated heterocycles. The number of aromatic nitrogens is 3. The quantitative estimate of drug-likeness (QED) is 0.790. The van der Waals surface area contributed by atoms with Crippen molar-refractivity contribution in [1.82, 2.24) is 14.8 Å². The maximum atomic E-state index is 14.3. The number of alkyl halides is 2. The maximum absolute atomic E-state index is 14.3. The first-order valence-electron chi connectivity index (χ1n) is 7.60. The minimum atomic E-state index is -2.80. The van der Waals surface area contributed by atoms with Crippen molar-refractivity contribution in [2.45, 2.75) is 45.4 Å². The van der Waals surface area contributed by atoms with Crippen LogP contribution in [-0.4, -0.2) is 33.1 Å². The maximum Gasteiger partial charge on any atom is 0.496 e. The highest BCUT2D eigenvalue weighted by Crippen LogP contribution is 2.36. The van der Waals surface area contributed by atoms with Crippen molar-refractivity contribution >= 4 is 12.6 Å². The molecule has 3 heterocycles. The number of halogens is 3. The summed E-state index contributed by atoms with van der Waals surface area (Å²) in [5, 5.41) is 3.41. The summed E-state index contributed by atoms with van der Waals surface area (Å²) in [6.07, 6.45) is 3.36. The van der Waals surface area contributed by atoms with E-state index in [2.05, 4.69) is 10.1 Å². The summed E-state index contributed by atoms with van der Waals surface area (Å²) in [7, 11) is -0.761. The molecule has 0 N–H and O–H groups in total. The van der Waals surface area contributed by atoms with Crippen molar-refractivity contribution in [3.05, 3.63) is 30.5 Å². The van der Waals surface area contributed by atoms with Crippen molar-refractivity contribution in [2.24, 2.45) is 0 Å². The Labute approximate surface area is 143 Å². The molecule has 1 aliphatic rings. The highest BCUT2D eigenvalue weighted by Gasteiger charge is 2.52. The van der Waals surface area contributed by atoms with Gasteiger partial charge in [-0.05, 0) is 33.8 Å². The van der Waals surface area contributed by atoms with Crippen LogP contribution in [0.4, 0.5) is 13.2 Å². The van der Waals surface area contributed by atoms with Crippen LogP contribution in [0.2, 0.25) is 0 Å². The lowest BCUT2D eigenvalue weighted by Gasteiger charge is -2.32. The standard InChI is InChI=1S/C15H17BF3N3O3/c1-14(2)15(3,4)25-16(24-14)9-5-11(17)12(20-6-9)23-10-7-21-22(8-10)13(18)19/h5-8,13H,1-4H3. The molecule has 0 saturated carbocycles. The van der Waals surface area contributed by atoms with Crippen molar-refractivity contribution in [2.75, 3.05) is 0 Å². The predicted molar refractivity (Wildman–Crippen MR) is 83.5 cm³/mol. The van der Waals surface area contributed by atoms with E-state index in [1.54, 1.807) is 0 Å². The zero-order chi connectivity index (χ0) is 18.4. The van der Waals surface area contributed by atoms with Gasteiger partial charge in [0.05, 0.1) is 23.6 Å². The molecule has 0 unspecified atom stereocenters. The molecule has 134 valence electrons. The Morgan fingerprint density at radius 2 is 1.80 bits per heavy atom. The summed E-state index contributed by atoms with van der Waals surface area (Å²) in [6.45, 7) is 4.73. The van der Waals surface area contributed by atoms with Gasteiger partial charge in [0.1, 0.15) is 0 Å². The van der Waals surface area contributed by atoms with Gasteiger partial charge in [0, 0.05) is 11.7 Å². The molecule has 0 spiro atoms. The minimum Gasteiger partial charge on any atom is -0.433 e. The van der Waals surface area contributed by atoms with E-state index < -0.39 is 30.7 Å². The molecule has 10 heteroatoms. The summed E-state index contributed by atoms with van der Waals surface area (Å²) in [4.78, 5) is 3.89. The van der Waals surface area contributed by atoms with Crippen LogP contribution in [0.1, 0.15) is 34.2 Å². The molecule has 0 bridgehead atoms. The van der Waals surface area contributed by atoms with E-state index in [1.807, 2.05) is 27.7 Å². The fourth-order valence-corrected chi connectivity index (χ4v) is 2.21. The number of hydrogen-bond acceptors (Lipinski definition) is 5. The fourth-order valence-electron chi connectivity index (χ4n) is 2.21. The van der Waals surface area contributed by atoms with Gasteiger partial charge in [0.25, 0.3) is 5.88 Å². The summed E-state index contributed by atoms with van der Waals surface area (Å²) >= 11 is 0. The molecule has 25 heavy (non-hydrogen) atoms. The van der Waals surface area contributed by atoms with Gasteiger partial charge in [-0.25, -0.2) is 14.1 Å². The second kappa shape index (κ2) is 6.03. The largest absolute Gasteiger partial charge is 0.496 e. The van der Waals surface area contributed by atoms with E-state index in [9.17, 15) is 13.2 Å². The molecular formula is C15H17BF3N3O3. The highest BCUT2D eigenvalue weighted by molar-refractivity contribution is 6.62. The molecule has 6 nitrogen and oxygen atoms in total. The van der Waals surface area contributed by atoms with Crippen molar-refractivity contribution in [1.29, 1.82) is 0 Å². The van der Waals surface area contributed by atoms with Crippen molar-refractivity contribution in [3.63, 3.8) is 0 Å². The zero-order valence-corrected chi connectivity index (χ0v) is 14.2. The van der Waals surface area contributed by atoms with E-state index in [4.69, 9.17) is 14.0 Å². The van der Waals surface area contributed by atoms with Crippen LogP contribution < -0.4 is 10.2 Å². The second-order valence-electron chi connectivity index (χ2n) is 6.68. The van der Waals surface area contributed by atoms with Crippen LogP contribution in [0, 0.1) is 5.82 Å². The summed E-state index contributed by atoms with van der Waals surface area (Å²) in [6, 6.07) is 1.18. The Morgan fingerprint density at radius 1 is 1.16 bits per heavy atom. The number of hydrogen-bond donors (Lipinski definition) is 0. The van der Waals surface area contributed by atoms with Crippen LogP contribution in [0.15, 0.2) is 24.7 Å². The first-order chi connectivity index (χ1) is 11.6. The third-order valence-corrected chi connectivity index (χ3v) is 4.35. The lowest BCUT2D eigenvalue weighted by molar-refractivity contribution is 0.00578. The van der Waals surface area contributed by atoms with Gasteiger partial charge in [-0.1, -0.05) is 0 Å².